The molecule has 2 aromatic heterocycles. The second-order valence-corrected chi connectivity index (χ2v) is 7.96. The summed E-state index contributed by atoms with van der Waals surface area (Å²) in [5.41, 5.74) is 3.68. The van der Waals surface area contributed by atoms with E-state index in [9.17, 15) is 9.59 Å². The molecule has 0 aliphatic heterocycles. The largest absolute Gasteiger partial charge is 0.459 e. The molecular formula is C23H21N5O3S. The molecule has 0 fully saturated rings. The maximum absolute atomic E-state index is 12.3. The molecule has 0 aliphatic carbocycles. The third-order valence-corrected chi connectivity index (χ3v) is 5.55. The minimum absolute atomic E-state index is 0.108. The summed E-state index contributed by atoms with van der Waals surface area (Å²) >= 11 is 1.32. The van der Waals surface area contributed by atoms with Crippen LogP contribution >= 0.6 is 11.8 Å². The van der Waals surface area contributed by atoms with Gasteiger partial charge in [-0.25, -0.2) is 0 Å². The third kappa shape index (κ3) is 5.44. The Hall–Kier alpha value is -3.85. The van der Waals surface area contributed by atoms with Crippen LogP contribution in [0.2, 0.25) is 0 Å². The molecular weight excluding hydrogens is 426 g/mol. The summed E-state index contributed by atoms with van der Waals surface area (Å²) in [6.07, 6.45) is 3.09. The van der Waals surface area contributed by atoms with Crippen molar-refractivity contribution in [1.29, 1.82) is 0 Å². The molecule has 0 spiro atoms. The second kappa shape index (κ2) is 9.97. The van der Waals surface area contributed by atoms with Gasteiger partial charge in [0, 0.05) is 17.9 Å². The molecule has 0 unspecified atom stereocenters. The number of amides is 2. The van der Waals surface area contributed by atoms with Crippen LogP contribution in [0.3, 0.4) is 0 Å². The molecule has 0 aliphatic rings. The topological polar surface area (TPSA) is 102 Å². The van der Waals surface area contributed by atoms with E-state index in [-0.39, 0.29) is 23.3 Å². The Morgan fingerprint density at radius 2 is 1.84 bits per heavy atom. The molecule has 0 saturated carbocycles. The van der Waals surface area contributed by atoms with Crippen LogP contribution in [0.5, 0.6) is 0 Å². The number of carbonyl (C=O) groups excluding carboxylic acids is 2. The SMILES string of the molecule is Cc1ccc(-n2cnnc2SCC(=O)NCc2ccc(NC(=O)c3ccco3)cc2)cc1. The fourth-order valence-electron chi connectivity index (χ4n) is 2.89. The lowest BCUT2D eigenvalue weighted by Gasteiger charge is -2.08. The van der Waals surface area contributed by atoms with Crippen molar-refractivity contribution < 1.29 is 14.0 Å². The van der Waals surface area contributed by atoms with Crippen molar-refractivity contribution in [2.45, 2.75) is 18.6 Å². The number of benzene rings is 2. The van der Waals surface area contributed by atoms with Gasteiger partial charge in [0.25, 0.3) is 5.91 Å². The highest BCUT2D eigenvalue weighted by atomic mass is 32.2. The lowest BCUT2D eigenvalue weighted by molar-refractivity contribution is -0.118. The predicted molar refractivity (Wildman–Crippen MR) is 122 cm³/mol. The normalized spacial score (nSPS) is 10.7. The van der Waals surface area contributed by atoms with Gasteiger partial charge in [0.15, 0.2) is 10.9 Å². The van der Waals surface area contributed by atoms with Gasteiger partial charge in [-0.15, -0.1) is 10.2 Å². The van der Waals surface area contributed by atoms with Gasteiger partial charge in [-0.3, -0.25) is 14.2 Å². The number of nitrogens with zero attached hydrogens (tertiary/aromatic N) is 3. The monoisotopic (exact) mass is 447 g/mol. The number of furan rings is 1. The van der Waals surface area contributed by atoms with Crippen LogP contribution in [-0.2, 0) is 11.3 Å². The van der Waals surface area contributed by atoms with E-state index in [1.54, 1.807) is 30.6 Å². The van der Waals surface area contributed by atoms with Crippen LogP contribution in [0.4, 0.5) is 5.69 Å². The third-order valence-electron chi connectivity index (χ3n) is 4.61. The van der Waals surface area contributed by atoms with Crippen LogP contribution in [0.25, 0.3) is 5.69 Å². The Bertz CT molecular complexity index is 1190. The minimum Gasteiger partial charge on any atom is -0.459 e. The van der Waals surface area contributed by atoms with Crippen molar-refractivity contribution in [1.82, 2.24) is 20.1 Å². The highest BCUT2D eigenvalue weighted by molar-refractivity contribution is 7.99. The predicted octanol–water partition coefficient (Wildman–Crippen LogP) is 3.83. The smallest absolute Gasteiger partial charge is 0.291 e. The Labute approximate surface area is 189 Å². The quantitative estimate of drug-likeness (QED) is 0.398. The Morgan fingerprint density at radius 1 is 1.06 bits per heavy atom. The first kappa shape index (κ1) is 21.4. The van der Waals surface area contributed by atoms with Crippen molar-refractivity contribution in [2.75, 3.05) is 11.1 Å². The van der Waals surface area contributed by atoms with E-state index >= 15 is 0 Å². The number of nitrogens with one attached hydrogen (secondary N) is 2. The minimum atomic E-state index is -0.313. The molecule has 9 heteroatoms. The van der Waals surface area contributed by atoms with Crippen LogP contribution in [0.15, 0.2) is 82.8 Å². The van der Waals surface area contributed by atoms with Crippen molar-refractivity contribution in [3.05, 3.63) is 90.1 Å². The van der Waals surface area contributed by atoms with Gasteiger partial charge >= 0.3 is 0 Å². The van der Waals surface area contributed by atoms with E-state index in [0.717, 1.165) is 11.3 Å². The molecule has 0 saturated heterocycles. The zero-order valence-corrected chi connectivity index (χ0v) is 18.1. The van der Waals surface area contributed by atoms with Crippen LogP contribution < -0.4 is 10.6 Å². The highest BCUT2D eigenvalue weighted by Crippen LogP contribution is 2.19. The number of aromatic nitrogens is 3. The van der Waals surface area contributed by atoms with Crippen molar-refractivity contribution in [2.24, 2.45) is 0 Å². The first-order valence-electron chi connectivity index (χ1n) is 9.89. The summed E-state index contributed by atoms with van der Waals surface area (Å²) in [6, 6.07) is 18.5. The first-order valence-corrected chi connectivity index (χ1v) is 10.9. The van der Waals surface area contributed by atoms with Gasteiger partial charge < -0.3 is 15.1 Å². The number of thioether (sulfide) groups is 1. The summed E-state index contributed by atoms with van der Waals surface area (Å²) in [5.74, 6) is 0.0502. The standard InChI is InChI=1S/C23H21N5O3S/c1-16-4-10-19(11-5-16)28-15-25-27-23(28)32-14-21(29)24-13-17-6-8-18(9-7-17)26-22(30)20-3-2-12-31-20/h2-12,15H,13-14H2,1H3,(H,24,29)(H,26,30). The number of carbonyl (C=O) groups is 2. The molecule has 2 heterocycles. The Morgan fingerprint density at radius 3 is 2.56 bits per heavy atom. The summed E-state index contributed by atoms with van der Waals surface area (Å²) in [6.45, 7) is 2.41. The van der Waals surface area contributed by atoms with Gasteiger partial charge in [-0.05, 0) is 48.9 Å². The molecule has 162 valence electrons. The fraction of sp³-hybridized carbons (Fsp3) is 0.130. The zero-order valence-electron chi connectivity index (χ0n) is 17.3. The molecule has 0 bridgehead atoms. The average molecular weight is 448 g/mol. The van der Waals surface area contributed by atoms with Crippen molar-refractivity contribution in [3.8, 4) is 5.69 Å². The van der Waals surface area contributed by atoms with Gasteiger partial charge in [0.2, 0.25) is 5.91 Å². The van der Waals surface area contributed by atoms with Crippen LogP contribution in [0, 0.1) is 6.92 Å². The molecule has 4 rings (SSSR count). The molecule has 2 N–H and O–H groups in total. The molecule has 0 atom stereocenters. The summed E-state index contributed by atoms with van der Waals surface area (Å²) in [7, 11) is 0. The summed E-state index contributed by atoms with van der Waals surface area (Å²) in [4.78, 5) is 24.3. The van der Waals surface area contributed by atoms with E-state index in [0.29, 0.717) is 17.4 Å². The summed E-state index contributed by atoms with van der Waals surface area (Å²) in [5, 5.41) is 14.4. The van der Waals surface area contributed by atoms with Crippen LogP contribution in [0.1, 0.15) is 21.7 Å². The Kier molecular flexibility index (Phi) is 6.66. The number of anilines is 1. The van der Waals surface area contributed by atoms with Gasteiger partial charge in [0.05, 0.1) is 12.0 Å². The number of rotatable bonds is 8. The maximum Gasteiger partial charge on any atom is 0.291 e. The first-order chi connectivity index (χ1) is 15.6. The van der Waals surface area contributed by atoms with E-state index in [1.807, 2.05) is 47.9 Å². The van der Waals surface area contributed by atoms with E-state index in [1.165, 1.54) is 23.6 Å². The molecule has 0 radical (unpaired) electrons. The van der Waals surface area contributed by atoms with Gasteiger partial charge in [0.1, 0.15) is 6.33 Å². The molecule has 2 aromatic carbocycles. The molecule has 4 aromatic rings. The van der Waals surface area contributed by atoms with Gasteiger partial charge in [-0.2, -0.15) is 0 Å². The lowest BCUT2D eigenvalue weighted by Crippen LogP contribution is -2.24. The Balaban J connectivity index is 1.25. The lowest BCUT2D eigenvalue weighted by atomic mass is 10.2. The highest BCUT2D eigenvalue weighted by Gasteiger charge is 2.11. The summed E-state index contributed by atoms with van der Waals surface area (Å²) < 4.78 is 6.93. The average Bonchev–Trinajstić information content (AvgIpc) is 3.50. The van der Waals surface area contributed by atoms with Gasteiger partial charge in [-0.1, -0.05) is 41.6 Å². The van der Waals surface area contributed by atoms with E-state index in [4.69, 9.17) is 4.42 Å². The van der Waals surface area contributed by atoms with Crippen molar-refractivity contribution in [3.63, 3.8) is 0 Å². The van der Waals surface area contributed by atoms with E-state index < -0.39 is 0 Å². The maximum atomic E-state index is 12.3. The number of hydrogen-bond donors (Lipinski definition) is 2. The fourth-order valence-corrected chi connectivity index (χ4v) is 3.65. The molecule has 8 nitrogen and oxygen atoms in total. The molecule has 2 amide bonds. The second-order valence-electron chi connectivity index (χ2n) is 7.01. The van der Waals surface area contributed by atoms with Crippen LogP contribution in [-0.4, -0.2) is 32.3 Å². The van der Waals surface area contributed by atoms with E-state index in [2.05, 4.69) is 20.8 Å². The van der Waals surface area contributed by atoms with Crippen molar-refractivity contribution >= 4 is 29.3 Å². The number of aryl methyl sites for hydroxylation is 1. The molecule has 32 heavy (non-hydrogen) atoms. The number of hydrogen-bond acceptors (Lipinski definition) is 6. The zero-order chi connectivity index (χ0) is 22.3.